The number of carbonyl (C=O) groups excluding carboxylic acids is 1. The summed E-state index contributed by atoms with van der Waals surface area (Å²) >= 11 is 0. The van der Waals surface area contributed by atoms with Crippen LogP contribution in [0.15, 0.2) is 60.8 Å². The van der Waals surface area contributed by atoms with Crippen LogP contribution in [0, 0.1) is 11.6 Å². The van der Waals surface area contributed by atoms with Gasteiger partial charge < -0.3 is 10.1 Å². The summed E-state index contributed by atoms with van der Waals surface area (Å²) in [5.41, 5.74) is 3.42. The molecule has 1 saturated heterocycles. The average Bonchev–Trinajstić information content (AvgIpc) is 2.84. The molecule has 1 fully saturated rings. The lowest BCUT2D eigenvalue weighted by molar-refractivity contribution is -0.120. The highest BCUT2D eigenvalue weighted by atomic mass is 19.1. The first-order valence-electron chi connectivity index (χ1n) is 11.6. The van der Waals surface area contributed by atoms with E-state index in [1.165, 1.54) is 12.1 Å². The van der Waals surface area contributed by atoms with Gasteiger partial charge in [0, 0.05) is 42.7 Å². The number of nitrogens with one attached hydrogen (secondary N) is 1. The summed E-state index contributed by atoms with van der Waals surface area (Å²) in [6.45, 7) is 4.74. The first-order valence-corrected chi connectivity index (χ1v) is 11.6. The van der Waals surface area contributed by atoms with Gasteiger partial charge in [0.2, 0.25) is 5.91 Å². The van der Waals surface area contributed by atoms with Gasteiger partial charge in [-0.25, -0.2) is 8.78 Å². The first kappa shape index (κ1) is 24.0. The van der Waals surface area contributed by atoms with Crippen LogP contribution >= 0.6 is 0 Å². The molecule has 0 radical (unpaired) electrons. The van der Waals surface area contributed by atoms with Gasteiger partial charge in [-0.2, -0.15) is 0 Å². The SMILES string of the molecule is O=C(Cc1ccc(-c2ccc(CCCN3CCOCC3)cc2F)cn1)NCc1cccc(F)c1. The Morgan fingerprint density at radius 1 is 1.03 bits per heavy atom. The third-order valence-electron chi connectivity index (χ3n) is 5.93. The number of hydrogen-bond donors (Lipinski definition) is 1. The zero-order valence-corrected chi connectivity index (χ0v) is 19.1. The molecule has 34 heavy (non-hydrogen) atoms. The number of benzene rings is 2. The van der Waals surface area contributed by atoms with Crippen LogP contribution in [-0.2, 0) is 28.9 Å². The normalized spacial score (nSPS) is 14.2. The third-order valence-corrected chi connectivity index (χ3v) is 5.93. The number of hydrogen-bond acceptors (Lipinski definition) is 4. The van der Waals surface area contributed by atoms with Gasteiger partial charge in [0.1, 0.15) is 11.6 Å². The van der Waals surface area contributed by atoms with Crippen molar-refractivity contribution in [2.75, 3.05) is 32.8 Å². The minimum Gasteiger partial charge on any atom is -0.379 e. The lowest BCUT2D eigenvalue weighted by Gasteiger charge is -2.26. The van der Waals surface area contributed by atoms with Crippen molar-refractivity contribution in [1.29, 1.82) is 0 Å². The molecule has 0 spiro atoms. The summed E-state index contributed by atoms with van der Waals surface area (Å²) < 4.78 is 33.4. The number of aromatic nitrogens is 1. The van der Waals surface area contributed by atoms with E-state index in [4.69, 9.17) is 4.74 Å². The van der Waals surface area contributed by atoms with Gasteiger partial charge in [0.05, 0.1) is 19.6 Å². The molecule has 2 heterocycles. The lowest BCUT2D eigenvalue weighted by Crippen LogP contribution is -2.36. The molecule has 178 valence electrons. The minimum atomic E-state index is -0.336. The molecule has 2 aromatic carbocycles. The largest absolute Gasteiger partial charge is 0.379 e. The van der Waals surface area contributed by atoms with Crippen molar-refractivity contribution in [1.82, 2.24) is 15.2 Å². The summed E-state index contributed by atoms with van der Waals surface area (Å²) in [5, 5.41) is 2.76. The lowest BCUT2D eigenvalue weighted by atomic mass is 10.0. The smallest absolute Gasteiger partial charge is 0.226 e. The number of amides is 1. The maximum Gasteiger partial charge on any atom is 0.226 e. The van der Waals surface area contributed by atoms with Gasteiger partial charge in [-0.3, -0.25) is 14.7 Å². The van der Waals surface area contributed by atoms with Gasteiger partial charge >= 0.3 is 0 Å². The predicted octanol–water partition coefficient (Wildman–Crippen LogP) is 4.15. The molecule has 0 unspecified atom stereocenters. The average molecular weight is 466 g/mol. The van der Waals surface area contributed by atoms with Crippen molar-refractivity contribution in [2.45, 2.75) is 25.8 Å². The quantitative estimate of drug-likeness (QED) is 0.516. The molecule has 1 N–H and O–H groups in total. The van der Waals surface area contributed by atoms with E-state index in [1.54, 1.807) is 42.6 Å². The maximum atomic E-state index is 14.8. The van der Waals surface area contributed by atoms with Gasteiger partial charge in [0.15, 0.2) is 0 Å². The fourth-order valence-electron chi connectivity index (χ4n) is 4.04. The molecule has 1 amide bonds. The summed E-state index contributed by atoms with van der Waals surface area (Å²) in [6.07, 6.45) is 3.50. The molecular weight excluding hydrogens is 436 g/mol. The number of halogens is 2. The van der Waals surface area contributed by atoms with E-state index in [0.29, 0.717) is 22.4 Å². The van der Waals surface area contributed by atoms with Gasteiger partial charge in [0.25, 0.3) is 0 Å². The predicted molar refractivity (Wildman–Crippen MR) is 127 cm³/mol. The summed E-state index contributed by atoms with van der Waals surface area (Å²) in [5.74, 6) is -0.819. The second kappa shape index (κ2) is 11.8. The number of nitrogens with zero attached hydrogens (tertiary/aromatic N) is 2. The fourth-order valence-corrected chi connectivity index (χ4v) is 4.04. The topological polar surface area (TPSA) is 54.5 Å². The Morgan fingerprint density at radius 3 is 2.62 bits per heavy atom. The van der Waals surface area contributed by atoms with Crippen LogP contribution in [0.25, 0.3) is 11.1 Å². The molecule has 0 aliphatic carbocycles. The van der Waals surface area contributed by atoms with Crippen LogP contribution in [0.5, 0.6) is 0 Å². The Balaban J connectivity index is 1.28. The first-order chi connectivity index (χ1) is 16.6. The van der Waals surface area contributed by atoms with Crippen molar-refractivity contribution < 1.29 is 18.3 Å². The second-order valence-corrected chi connectivity index (χ2v) is 8.49. The Bertz CT molecular complexity index is 1100. The van der Waals surface area contributed by atoms with Crippen LogP contribution < -0.4 is 5.32 Å². The Kier molecular flexibility index (Phi) is 8.33. The summed E-state index contributed by atoms with van der Waals surface area (Å²) in [6, 6.07) is 15.0. The van der Waals surface area contributed by atoms with Gasteiger partial charge in [-0.05, 0) is 54.8 Å². The van der Waals surface area contributed by atoms with E-state index in [9.17, 15) is 13.6 Å². The molecule has 0 atom stereocenters. The molecule has 7 heteroatoms. The van der Waals surface area contributed by atoms with Crippen LogP contribution in [0.1, 0.15) is 23.2 Å². The number of morpholine rings is 1. The van der Waals surface area contributed by atoms with E-state index in [-0.39, 0.29) is 30.5 Å². The minimum absolute atomic E-state index is 0.0974. The highest BCUT2D eigenvalue weighted by Gasteiger charge is 2.11. The van der Waals surface area contributed by atoms with Crippen molar-refractivity contribution in [3.8, 4) is 11.1 Å². The highest BCUT2D eigenvalue weighted by Crippen LogP contribution is 2.24. The van der Waals surface area contributed by atoms with Gasteiger partial charge in [-0.1, -0.05) is 30.3 Å². The molecule has 1 aliphatic rings. The van der Waals surface area contributed by atoms with E-state index < -0.39 is 0 Å². The van der Waals surface area contributed by atoms with Crippen LogP contribution in [0.2, 0.25) is 0 Å². The number of ether oxygens (including phenoxy) is 1. The van der Waals surface area contributed by atoms with Crippen LogP contribution in [0.4, 0.5) is 8.78 Å². The number of pyridine rings is 1. The van der Waals surface area contributed by atoms with Crippen LogP contribution in [-0.4, -0.2) is 48.6 Å². The Hall–Kier alpha value is -3.16. The molecule has 3 aromatic rings. The molecule has 1 aliphatic heterocycles. The second-order valence-electron chi connectivity index (χ2n) is 8.49. The van der Waals surface area contributed by atoms with Crippen molar-refractivity contribution in [3.05, 3.63) is 89.2 Å². The van der Waals surface area contributed by atoms with Crippen molar-refractivity contribution in [2.24, 2.45) is 0 Å². The highest BCUT2D eigenvalue weighted by molar-refractivity contribution is 5.78. The zero-order chi connectivity index (χ0) is 23.8. The molecule has 5 nitrogen and oxygen atoms in total. The standard InChI is InChI=1S/C27H29F2N3O2/c28-23-5-1-3-21(15-23)18-31-27(33)17-24-8-7-22(19-30-24)25-9-6-20(16-26(25)29)4-2-10-32-11-13-34-14-12-32/h1,3,5-9,15-16,19H,2,4,10-14,17-18H2,(H,31,33). The van der Waals surface area contributed by atoms with E-state index in [0.717, 1.165) is 51.3 Å². The number of aryl methyl sites for hydroxylation is 1. The van der Waals surface area contributed by atoms with Crippen molar-refractivity contribution >= 4 is 5.91 Å². The third kappa shape index (κ3) is 6.92. The Labute approximate surface area is 198 Å². The van der Waals surface area contributed by atoms with E-state index in [1.807, 2.05) is 6.07 Å². The zero-order valence-electron chi connectivity index (χ0n) is 19.1. The fraction of sp³-hybridized carbons (Fsp3) is 0.333. The van der Waals surface area contributed by atoms with Crippen LogP contribution in [0.3, 0.4) is 0 Å². The molecule has 4 rings (SSSR count). The molecule has 0 saturated carbocycles. The van der Waals surface area contributed by atoms with Gasteiger partial charge in [-0.15, -0.1) is 0 Å². The van der Waals surface area contributed by atoms with E-state index in [2.05, 4.69) is 15.2 Å². The summed E-state index contributed by atoms with van der Waals surface area (Å²) in [7, 11) is 0. The maximum absolute atomic E-state index is 14.8. The number of rotatable bonds is 9. The van der Waals surface area contributed by atoms with Crippen molar-refractivity contribution in [3.63, 3.8) is 0 Å². The molecule has 0 bridgehead atoms. The monoisotopic (exact) mass is 465 g/mol. The molecule has 1 aromatic heterocycles. The Morgan fingerprint density at radius 2 is 1.88 bits per heavy atom. The number of carbonyl (C=O) groups is 1. The van der Waals surface area contributed by atoms with E-state index >= 15 is 0 Å². The summed E-state index contributed by atoms with van der Waals surface area (Å²) in [4.78, 5) is 18.9. The molecular formula is C27H29F2N3O2.